The molecule has 0 aliphatic carbocycles. The van der Waals surface area contributed by atoms with Crippen molar-refractivity contribution in [3.8, 4) is 0 Å². The lowest BCUT2D eigenvalue weighted by Gasteiger charge is -2.08. The average molecular weight is 336 g/mol. The molecule has 4 nitrogen and oxygen atoms in total. The first-order valence-electron chi connectivity index (χ1n) is 7.86. The van der Waals surface area contributed by atoms with Crippen molar-refractivity contribution in [3.63, 3.8) is 0 Å². The molecule has 1 heterocycles. The zero-order valence-corrected chi connectivity index (χ0v) is 14.4. The van der Waals surface area contributed by atoms with Gasteiger partial charge < -0.3 is 10.6 Å². The first-order valence-corrected chi connectivity index (χ1v) is 8.27. The number of aromatic nitrogens is 2. The summed E-state index contributed by atoms with van der Waals surface area (Å²) in [4.78, 5) is 0. The van der Waals surface area contributed by atoms with Gasteiger partial charge in [0.1, 0.15) is 0 Å². The lowest BCUT2D eigenvalue weighted by Crippen LogP contribution is -2.27. The molecule has 3 rings (SSSR count). The van der Waals surface area contributed by atoms with Crippen LogP contribution in [0.2, 0.25) is 0 Å². The lowest BCUT2D eigenvalue weighted by molar-refractivity contribution is 0.686. The van der Waals surface area contributed by atoms with Crippen molar-refractivity contribution in [2.75, 3.05) is 5.32 Å². The average Bonchev–Trinajstić information content (AvgIpc) is 3.01. The molecule has 0 bridgehead atoms. The molecule has 5 heteroatoms. The Hall–Kier alpha value is -2.66. The van der Waals surface area contributed by atoms with E-state index in [9.17, 15) is 0 Å². The van der Waals surface area contributed by atoms with Crippen molar-refractivity contribution in [3.05, 3.63) is 83.7 Å². The highest BCUT2D eigenvalue weighted by atomic mass is 32.1. The van der Waals surface area contributed by atoms with E-state index < -0.39 is 0 Å². The predicted molar refractivity (Wildman–Crippen MR) is 102 cm³/mol. The maximum atomic E-state index is 5.33. The van der Waals surface area contributed by atoms with Crippen molar-refractivity contribution in [2.45, 2.75) is 20.0 Å². The van der Waals surface area contributed by atoms with Crippen molar-refractivity contribution in [2.24, 2.45) is 0 Å². The number of thiocarbonyl (C=S) groups is 1. The smallest absolute Gasteiger partial charge is 0.171 e. The highest BCUT2D eigenvalue weighted by Gasteiger charge is 2.02. The molecular weight excluding hydrogens is 316 g/mol. The monoisotopic (exact) mass is 336 g/mol. The van der Waals surface area contributed by atoms with Gasteiger partial charge in [0, 0.05) is 12.7 Å². The molecule has 0 aliphatic rings. The Bertz CT molecular complexity index is 811. The second kappa shape index (κ2) is 7.75. The molecule has 0 atom stereocenters. The van der Waals surface area contributed by atoms with Crippen LogP contribution in [-0.4, -0.2) is 14.9 Å². The number of hydrogen-bond donors (Lipinski definition) is 2. The van der Waals surface area contributed by atoms with Crippen LogP contribution in [-0.2, 0) is 13.1 Å². The Kier molecular flexibility index (Phi) is 5.23. The van der Waals surface area contributed by atoms with Crippen molar-refractivity contribution >= 4 is 23.0 Å². The van der Waals surface area contributed by atoms with Crippen LogP contribution in [0, 0.1) is 6.92 Å². The van der Waals surface area contributed by atoms with Gasteiger partial charge in [0.05, 0.1) is 18.4 Å². The maximum Gasteiger partial charge on any atom is 0.171 e. The van der Waals surface area contributed by atoms with Gasteiger partial charge in [-0.25, -0.2) is 0 Å². The molecule has 2 N–H and O–H groups in total. The van der Waals surface area contributed by atoms with Gasteiger partial charge in [0.2, 0.25) is 0 Å². The zero-order valence-electron chi connectivity index (χ0n) is 13.6. The van der Waals surface area contributed by atoms with Gasteiger partial charge in [-0.15, -0.1) is 0 Å². The third kappa shape index (κ3) is 4.67. The SMILES string of the molecule is Cc1cccc(Cn2cc(NC(=S)NCc3ccccc3)cn2)c1. The summed E-state index contributed by atoms with van der Waals surface area (Å²) in [5, 5.41) is 11.3. The van der Waals surface area contributed by atoms with Gasteiger partial charge in [-0.3, -0.25) is 4.68 Å². The van der Waals surface area contributed by atoms with E-state index in [0.717, 1.165) is 12.2 Å². The summed E-state index contributed by atoms with van der Waals surface area (Å²) in [5.41, 5.74) is 4.56. The molecule has 0 fully saturated rings. The summed E-state index contributed by atoms with van der Waals surface area (Å²) in [7, 11) is 0. The minimum atomic E-state index is 0.592. The molecular formula is C19H20N4S. The van der Waals surface area contributed by atoms with Gasteiger partial charge in [0.15, 0.2) is 5.11 Å². The molecule has 0 spiro atoms. The molecule has 3 aromatic rings. The Balaban J connectivity index is 1.53. The number of rotatable bonds is 5. The van der Waals surface area contributed by atoms with Gasteiger partial charge in [-0.05, 0) is 30.3 Å². The van der Waals surface area contributed by atoms with Gasteiger partial charge in [0.25, 0.3) is 0 Å². The van der Waals surface area contributed by atoms with Crippen LogP contribution in [0.5, 0.6) is 0 Å². The van der Waals surface area contributed by atoms with Crippen molar-refractivity contribution in [1.29, 1.82) is 0 Å². The van der Waals surface area contributed by atoms with Gasteiger partial charge in [-0.1, -0.05) is 60.2 Å². The van der Waals surface area contributed by atoms with Crippen LogP contribution >= 0.6 is 12.2 Å². The van der Waals surface area contributed by atoms with Gasteiger partial charge >= 0.3 is 0 Å². The summed E-state index contributed by atoms with van der Waals surface area (Å²) >= 11 is 5.33. The standard InChI is InChI=1S/C19H20N4S/c1-15-6-5-9-17(10-15)13-23-14-18(12-21-23)22-19(24)20-11-16-7-3-2-4-8-16/h2-10,12,14H,11,13H2,1H3,(H2,20,22,24). The van der Waals surface area contributed by atoms with Crippen molar-refractivity contribution < 1.29 is 0 Å². The van der Waals surface area contributed by atoms with E-state index in [0.29, 0.717) is 11.7 Å². The molecule has 122 valence electrons. The molecule has 24 heavy (non-hydrogen) atoms. The normalized spacial score (nSPS) is 10.4. The molecule has 0 saturated heterocycles. The van der Waals surface area contributed by atoms with E-state index in [1.807, 2.05) is 29.1 Å². The lowest BCUT2D eigenvalue weighted by atomic mass is 10.1. The van der Waals surface area contributed by atoms with Crippen LogP contribution in [0.25, 0.3) is 0 Å². The fourth-order valence-corrected chi connectivity index (χ4v) is 2.66. The molecule has 0 amide bonds. The number of nitrogens with zero attached hydrogens (tertiary/aromatic N) is 2. The van der Waals surface area contributed by atoms with E-state index >= 15 is 0 Å². The largest absolute Gasteiger partial charge is 0.358 e. The fourth-order valence-electron chi connectivity index (χ4n) is 2.47. The van der Waals surface area contributed by atoms with Crippen LogP contribution in [0.15, 0.2) is 67.0 Å². The number of anilines is 1. The topological polar surface area (TPSA) is 41.9 Å². The maximum absolute atomic E-state index is 5.33. The second-order valence-electron chi connectivity index (χ2n) is 5.71. The first-order chi connectivity index (χ1) is 11.7. The van der Waals surface area contributed by atoms with E-state index in [2.05, 4.69) is 59.1 Å². The van der Waals surface area contributed by atoms with Crippen LogP contribution in [0.4, 0.5) is 5.69 Å². The first kappa shape index (κ1) is 16.2. The minimum Gasteiger partial charge on any atom is -0.358 e. The summed E-state index contributed by atoms with van der Waals surface area (Å²) in [6.45, 7) is 3.54. The Morgan fingerprint density at radius 1 is 1.08 bits per heavy atom. The molecule has 0 radical (unpaired) electrons. The highest BCUT2D eigenvalue weighted by molar-refractivity contribution is 7.80. The summed E-state index contributed by atoms with van der Waals surface area (Å²) in [5.74, 6) is 0. The predicted octanol–water partition coefficient (Wildman–Crippen LogP) is 3.73. The number of hydrogen-bond acceptors (Lipinski definition) is 2. The van der Waals surface area contributed by atoms with Crippen molar-refractivity contribution in [1.82, 2.24) is 15.1 Å². The van der Waals surface area contributed by atoms with Crippen LogP contribution in [0.3, 0.4) is 0 Å². The minimum absolute atomic E-state index is 0.592. The summed E-state index contributed by atoms with van der Waals surface area (Å²) in [6, 6.07) is 18.6. The zero-order chi connectivity index (χ0) is 16.8. The van der Waals surface area contributed by atoms with E-state index in [-0.39, 0.29) is 0 Å². The summed E-state index contributed by atoms with van der Waals surface area (Å²) in [6.07, 6.45) is 3.74. The number of benzene rings is 2. The fraction of sp³-hybridized carbons (Fsp3) is 0.158. The third-order valence-corrected chi connectivity index (χ3v) is 3.86. The van der Waals surface area contributed by atoms with Gasteiger partial charge in [-0.2, -0.15) is 5.10 Å². The summed E-state index contributed by atoms with van der Waals surface area (Å²) < 4.78 is 1.90. The molecule has 1 aromatic heterocycles. The molecule has 0 saturated carbocycles. The highest BCUT2D eigenvalue weighted by Crippen LogP contribution is 2.09. The third-order valence-electron chi connectivity index (χ3n) is 3.61. The molecule has 0 unspecified atom stereocenters. The number of nitrogens with one attached hydrogen (secondary N) is 2. The Labute approximate surface area is 147 Å². The van der Waals surface area contributed by atoms with E-state index in [4.69, 9.17) is 12.2 Å². The number of aryl methyl sites for hydroxylation is 1. The molecule has 2 aromatic carbocycles. The molecule has 0 aliphatic heterocycles. The van der Waals surface area contributed by atoms with Crippen LogP contribution in [0.1, 0.15) is 16.7 Å². The van der Waals surface area contributed by atoms with E-state index in [1.54, 1.807) is 6.20 Å². The van der Waals surface area contributed by atoms with Crippen LogP contribution < -0.4 is 10.6 Å². The Morgan fingerprint density at radius 3 is 2.67 bits per heavy atom. The van der Waals surface area contributed by atoms with E-state index in [1.165, 1.54) is 16.7 Å². The Morgan fingerprint density at radius 2 is 1.88 bits per heavy atom. The quantitative estimate of drug-likeness (QED) is 0.697. The second-order valence-corrected chi connectivity index (χ2v) is 6.12.